The van der Waals surface area contributed by atoms with E-state index >= 15 is 0 Å². The van der Waals surface area contributed by atoms with Crippen LogP contribution in [0, 0.1) is 11.8 Å². The van der Waals surface area contributed by atoms with Crippen LogP contribution >= 0.6 is 0 Å². The molecule has 1 N–H and O–H groups in total. The van der Waals surface area contributed by atoms with E-state index < -0.39 is 10.0 Å². The fraction of sp³-hybridized carbons (Fsp3) is 0.632. The molecule has 1 saturated heterocycles. The van der Waals surface area contributed by atoms with E-state index in [1.807, 2.05) is 0 Å². The molecule has 0 aromatic heterocycles. The lowest BCUT2D eigenvalue weighted by Crippen LogP contribution is -2.38. The van der Waals surface area contributed by atoms with E-state index in [0.29, 0.717) is 30.5 Å². The van der Waals surface area contributed by atoms with Crippen molar-refractivity contribution in [2.24, 2.45) is 11.8 Å². The van der Waals surface area contributed by atoms with Crippen molar-refractivity contribution in [1.29, 1.82) is 0 Å². The molecule has 2 saturated carbocycles. The Bertz CT molecular complexity index is 782. The maximum atomic E-state index is 13.0. The Kier molecular flexibility index (Phi) is 4.69. The van der Waals surface area contributed by atoms with E-state index in [9.17, 15) is 13.2 Å². The number of hydrogen-bond acceptors (Lipinski definition) is 4. The largest absolute Gasteiger partial charge is 0.495 e. The molecule has 0 spiro atoms. The second-order valence-corrected chi connectivity index (χ2v) is 9.56. The van der Waals surface area contributed by atoms with E-state index in [0.717, 1.165) is 12.8 Å². The van der Waals surface area contributed by atoms with Crippen LogP contribution in [0.5, 0.6) is 5.75 Å². The van der Waals surface area contributed by atoms with Gasteiger partial charge in [0.25, 0.3) is 5.91 Å². The molecule has 1 heterocycles. The number of nitrogens with one attached hydrogen (secondary N) is 1. The Hall–Kier alpha value is -1.60. The average Bonchev–Trinajstić information content (AvgIpc) is 3.58. The molecule has 6 nitrogen and oxygen atoms in total. The first-order valence-electron chi connectivity index (χ1n) is 9.50. The highest BCUT2D eigenvalue weighted by Gasteiger charge is 2.42. The standard InChI is InChI=1S/C19H26N2O4S/c1-25-16-9-8-15(12-17(16)26(23,24)21-10-2-3-11-21)19(22)20-18(13-4-5-13)14-6-7-14/h8-9,12-14,18H,2-7,10-11H2,1H3,(H,20,22). The van der Waals surface area contributed by atoms with Gasteiger partial charge in [0.15, 0.2) is 0 Å². The van der Waals surface area contributed by atoms with Crippen molar-refractivity contribution in [1.82, 2.24) is 9.62 Å². The molecule has 7 heteroatoms. The molecular weight excluding hydrogens is 352 g/mol. The molecule has 1 aromatic carbocycles. The van der Waals surface area contributed by atoms with Gasteiger partial charge in [-0.3, -0.25) is 4.79 Å². The van der Waals surface area contributed by atoms with Gasteiger partial charge in [-0.25, -0.2) is 8.42 Å². The molecule has 4 rings (SSSR count). The molecule has 0 radical (unpaired) electrons. The molecule has 2 aliphatic carbocycles. The smallest absolute Gasteiger partial charge is 0.251 e. The fourth-order valence-electron chi connectivity index (χ4n) is 3.85. The molecule has 1 aliphatic heterocycles. The van der Waals surface area contributed by atoms with Gasteiger partial charge >= 0.3 is 0 Å². The lowest BCUT2D eigenvalue weighted by Gasteiger charge is -2.20. The summed E-state index contributed by atoms with van der Waals surface area (Å²) < 4.78 is 32.7. The van der Waals surface area contributed by atoms with Crippen LogP contribution in [0.2, 0.25) is 0 Å². The normalized spacial score (nSPS) is 21.2. The number of carbonyl (C=O) groups excluding carboxylic acids is 1. The number of ether oxygens (including phenoxy) is 1. The SMILES string of the molecule is COc1ccc(C(=O)NC(C2CC2)C2CC2)cc1S(=O)(=O)N1CCCC1. The van der Waals surface area contributed by atoms with E-state index in [1.54, 1.807) is 12.1 Å². The zero-order valence-electron chi connectivity index (χ0n) is 15.1. The third-order valence-electron chi connectivity index (χ3n) is 5.67. The van der Waals surface area contributed by atoms with Gasteiger partial charge in [-0.1, -0.05) is 0 Å². The van der Waals surface area contributed by atoms with Crippen molar-refractivity contribution >= 4 is 15.9 Å². The van der Waals surface area contributed by atoms with Crippen LogP contribution < -0.4 is 10.1 Å². The minimum atomic E-state index is -3.65. The molecule has 1 amide bonds. The Morgan fingerprint density at radius 3 is 2.31 bits per heavy atom. The molecule has 1 aromatic rings. The highest BCUT2D eigenvalue weighted by molar-refractivity contribution is 7.89. The zero-order valence-corrected chi connectivity index (χ0v) is 15.9. The molecule has 0 atom stereocenters. The molecule has 0 unspecified atom stereocenters. The summed E-state index contributed by atoms with van der Waals surface area (Å²) in [5.41, 5.74) is 0.384. The van der Waals surface area contributed by atoms with Crippen LogP contribution in [-0.2, 0) is 10.0 Å². The quantitative estimate of drug-likeness (QED) is 0.790. The Balaban J connectivity index is 1.60. The minimum absolute atomic E-state index is 0.0870. The summed E-state index contributed by atoms with van der Waals surface area (Å²) in [4.78, 5) is 12.8. The van der Waals surface area contributed by atoms with Crippen molar-refractivity contribution < 1.29 is 17.9 Å². The summed E-state index contributed by atoms with van der Waals surface area (Å²) in [5.74, 6) is 1.29. The summed E-state index contributed by atoms with van der Waals surface area (Å²) in [5, 5.41) is 3.15. The van der Waals surface area contributed by atoms with E-state index in [2.05, 4.69) is 5.32 Å². The second kappa shape index (κ2) is 6.85. The Labute approximate surface area is 155 Å². The maximum Gasteiger partial charge on any atom is 0.251 e. The predicted octanol–water partition coefficient (Wildman–Crippen LogP) is 2.40. The number of nitrogens with zero attached hydrogens (tertiary/aromatic N) is 1. The van der Waals surface area contributed by atoms with Crippen LogP contribution in [0.3, 0.4) is 0 Å². The van der Waals surface area contributed by atoms with Gasteiger partial charge < -0.3 is 10.1 Å². The van der Waals surface area contributed by atoms with Gasteiger partial charge in [-0.15, -0.1) is 0 Å². The summed E-state index contributed by atoms with van der Waals surface area (Å²) in [6.07, 6.45) is 6.45. The van der Waals surface area contributed by atoms with Crippen molar-refractivity contribution in [2.75, 3.05) is 20.2 Å². The number of rotatable bonds is 7. The predicted molar refractivity (Wildman–Crippen MR) is 97.7 cm³/mol. The fourth-order valence-corrected chi connectivity index (χ4v) is 5.55. The first-order valence-corrected chi connectivity index (χ1v) is 10.9. The number of hydrogen-bond donors (Lipinski definition) is 1. The highest BCUT2D eigenvalue weighted by atomic mass is 32.2. The first kappa shape index (κ1) is 17.8. The van der Waals surface area contributed by atoms with Crippen LogP contribution in [0.25, 0.3) is 0 Å². The topological polar surface area (TPSA) is 75.7 Å². The second-order valence-electron chi connectivity index (χ2n) is 7.65. The maximum absolute atomic E-state index is 13.0. The van der Waals surface area contributed by atoms with E-state index in [-0.39, 0.29) is 22.6 Å². The Morgan fingerprint density at radius 1 is 1.15 bits per heavy atom. The highest BCUT2D eigenvalue weighted by Crippen LogP contribution is 2.44. The van der Waals surface area contributed by atoms with Gasteiger partial charge in [0.2, 0.25) is 10.0 Å². The number of amides is 1. The Morgan fingerprint density at radius 2 is 1.77 bits per heavy atom. The molecular formula is C19H26N2O4S. The molecule has 0 bridgehead atoms. The van der Waals surface area contributed by atoms with Crippen LogP contribution in [-0.4, -0.2) is 44.9 Å². The summed E-state index contributed by atoms with van der Waals surface area (Å²) in [7, 11) is -2.19. The molecule has 142 valence electrons. The average molecular weight is 378 g/mol. The van der Waals surface area contributed by atoms with Crippen molar-refractivity contribution in [2.45, 2.75) is 49.5 Å². The van der Waals surface area contributed by atoms with Gasteiger partial charge in [0, 0.05) is 24.7 Å². The van der Waals surface area contributed by atoms with Crippen molar-refractivity contribution in [3.8, 4) is 5.75 Å². The van der Waals surface area contributed by atoms with Crippen LogP contribution in [0.15, 0.2) is 23.1 Å². The summed E-state index contributed by atoms with van der Waals surface area (Å²) in [6.45, 7) is 1.04. The molecule has 3 fully saturated rings. The monoisotopic (exact) mass is 378 g/mol. The number of sulfonamides is 1. The third kappa shape index (κ3) is 3.47. The zero-order chi connectivity index (χ0) is 18.3. The number of benzene rings is 1. The van der Waals surface area contributed by atoms with Crippen molar-refractivity contribution in [3.05, 3.63) is 23.8 Å². The number of carbonyl (C=O) groups is 1. The van der Waals surface area contributed by atoms with Gasteiger partial charge in [-0.05, 0) is 68.6 Å². The molecule has 3 aliphatic rings. The van der Waals surface area contributed by atoms with Crippen molar-refractivity contribution in [3.63, 3.8) is 0 Å². The van der Waals surface area contributed by atoms with E-state index in [1.165, 1.54) is 43.2 Å². The first-order chi connectivity index (χ1) is 12.5. The third-order valence-corrected chi connectivity index (χ3v) is 7.59. The summed E-state index contributed by atoms with van der Waals surface area (Å²) in [6, 6.07) is 4.94. The van der Waals surface area contributed by atoms with Crippen LogP contribution in [0.4, 0.5) is 0 Å². The van der Waals surface area contributed by atoms with E-state index in [4.69, 9.17) is 4.74 Å². The molecule has 26 heavy (non-hydrogen) atoms. The van der Waals surface area contributed by atoms with Crippen LogP contribution in [0.1, 0.15) is 48.9 Å². The lowest BCUT2D eigenvalue weighted by atomic mass is 10.1. The minimum Gasteiger partial charge on any atom is -0.495 e. The van der Waals surface area contributed by atoms with Gasteiger partial charge in [0.05, 0.1) is 7.11 Å². The number of methoxy groups -OCH3 is 1. The summed E-state index contributed by atoms with van der Waals surface area (Å²) >= 11 is 0. The van der Waals surface area contributed by atoms with Gasteiger partial charge in [0.1, 0.15) is 10.6 Å². The van der Waals surface area contributed by atoms with Gasteiger partial charge in [-0.2, -0.15) is 4.31 Å². The lowest BCUT2D eigenvalue weighted by molar-refractivity contribution is 0.0926.